The van der Waals surface area contributed by atoms with E-state index in [1.54, 1.807) is 18.4 Å². The van der Waals surface area contributed by atoms with E-state index in [0.29, 0.717) is 18.3 Å². The quantitative estimate of drug-likeness (QED) is 0.718. The van der Waals surface area contributed by atoms with Crippen LogP contribution < -0.4 is 0 Å². The van der Waals surface area contributed by atoms with Crippen LogP contribution in [0.25, 0.3) is 0 Å². The molecule has 1 fully saturated rings. The molecule has 2 heterocycles. The van der Waals surface area contributed by atoms with Crippen molar-refractivity contribution in [2.75, 3.05) is 33.2 Å². The predicted octanol–water partition coefficient (Wildman–Crippen LogP) is 1.10. The molecule has 1 saturated heterocycles. The van der Waals surface area contributed by atoms with Gasteiger partial charge in [-0.05, 0) is 26.1 Å². The molecule has 0 aliphatic carbocycles. The van der Waals surface area contributed by atoms with E-state index in [-0.39, 0.29) is 5.78 Å². The SMILES string of the molecule is CC1CN(C)CCN1CC(=O)c1ccco1. The van der Waals surface area contributed by atoms with E-state index < -0.39 is 0 Å². The molecule has 1 aromatic rings. The van der Waals surface area contributed by atoms with E-state index in [1.807, 2.05) is 0 Å². The molecule has 1 unspecified atom stereocenters. The van der Waals surface area contributed by atoms with Crippen molar-refractivity contribution in [3.05, 3.63) is 24.2 Å². The highest BCUT2D eigenvalue weighted by atomic mass is 16.3. The van der Waals surface area contributed by atoms with Crippen LogP contribution in [0.4, 0.5) is 0 Å². The lowest BCUT2D eigenvalue weighted by molar-refractivity contribution is 0.0726. The third-order valence-corrected chi connectivity index (χ3v) is 3.11. The van der Waals surface area contributed by atoms with E-state index in [0.717, 1.165) is 19.6 Å². The van der Waals surface area contributed by atoms with Crippen molar-refractivity contribution in [3.63, 3.8) is 0 Å². The van der Waals surface area contributed by atoms with Crippen LogP contribution in [0.15, 0.2) is 22.8 Å². The molecule has 0 saturated carbocycles. The molecule has 4 heteroatoms. The Kier molecular flexibility index (Phi) is 3.41. The average Bonchev–Trinajstić information content (AvgIpc) is 2.75. The van der Waals surface area contributed by atoms with Crippen LogP contribution in [0, 0.1) is 0 Å². The van der Waals surface area contributed by atoms with Crippen molar-refractivity contribution in [2.45, 2.75) is 13.0 Å². The Morgan fingerprint density at radius 3 is 3.00 bits per heavy atom. The fraction of sp³-hybridized carbons (Fsp3) is 0.583. The number of carbonyl (C=O) groups excluding carboxylic acids is 1. The highest BCUT2D eigenvalue weighted by molar-refractivity contribution is 5.95. The minimum atomic E-state index is 0.0707. The number of hydrogen-bond donors (Lipinski definition) is 0. The van der Waals surface area contributed by atoms with Gasteiger partial charge in [-0.3, -0.25) is 9.69 Å². The van der Waals surface area contributed by atoms with Gasteiger partial charge in [0.05, 0.1) is 12.8 Å². The highest BCUT2D eigenvalue weighted by Gasteiger charge is 2.24. The maximum absolute atomic E-state index is 11.9. The zero-order valence-electron chi connectivity index (χ0n) is 9.85. The first-order valence-electron chi connectivity index (χ1n) is 5.66. The van der Waals surface area contributed by atoms with Crippen molar-refractivity contribution < 1.29 is 9.21 Å². The van der Waals surface area contributed by atoms with Gasteiger partial charge in [0.2, 0.25) is 5.78 Å². The molecule has 0 aromatic carbocycles. The van der Waals surface area contributed by atoms with Gasteiger partial charge >= 0.3 is 0 Å². The Morgan fingerprint density at radius 1 is 1.56 bits per heavy atom. The third kappa shape index (κ3) is 2.51. The first-order chi connectivity index (χ1) is 7.66. The fourth-order valence-electron chi connectivity index (χ4n) is 2.11. The largest absolute Gasteiger partial charge is 0.461 e. The molecule has 1 atom stereocenters. The lowest BCUT2D eigenvalue weighted by atomic mass is 10.1. The molecule has 0 radical (unpaired) electrons. The maximum Gasteiger partial charge on any atom is 0.211 e. The predicted molar refractivity (Wildman–Crippen MR) is 61.6 cm³/mol. The second-order valence-electron chi connectivity index (χ2n) is 4.48. The van der Waals surface area contributed by atoms with E-state index in [2.05, 4.69) is 23.8 Å². The summed E-state index contributed by atoms with van der Waals surface area (Å²) >= 11 is 0. The molecule has 0 N–H and O–H groups in total. The lowest BCUT2D eigenvalue weighted by Crippen LogP contribution is -2.51. The summed E-state index contributed by atoms with van der Waals surface area (Å²) in [6.07, 6.45) is 1.54. The van der Waals surface area contributed by atoms with Crippen molar-refractivity contribution in [2.24, 2.45) is 0 Å². The zero-order chi connectivity index (χ0) is 11.5. The van der Waals surface area contributed by atoms with E-state index in [9.17, 15) is 4.79 Å². The smallest absolute Gasteiger partial charge is 0.211 e. The first kappa shape index (κ1) is 11.4. The van der Waals surface area contributed by atoms with Crippen molar-refractivity contribution >= 4 is 5.78 Å². The first-order valence-corrected chi connectivity index (χ1v) is 5.66. The molecule has 0 bridgehead atoms. The van der Waals surface area contributed by atoms with Crippen LogP contribution in [-0.2, 0) is 0 Å². The molecule has 1 aliphatic heterocycles. The van der Waals surface area contributed by atoms with Crippen LogP contribution in [0.2, 0.25) is 0 Å². The van der Waals surface area contributed by atoms with E-state index >= 15 is 0 Å². The molecule has 16 heavy (non-hydrogen) atoms. The minimum absolute atomic E-state index is 0.0707. The number of likely N-dealkylation sites (N-methyl/N-ethyl adjacent to an activating group) is 1. The number of Topliss-reactive ketones (excluding diaryl/α,β-unsaturated/α-hetero) is 1. The van der Waals surface area contributed by atoms with Crippen LogP contribution >= 0.6 is 0 Å². The molecule has 88 valence electrons. The van der Waals surface area contributed by atoms with Gasteiger partial charge in [0, 0.05) is 25.7 Å². The Hall–Kier alpha value is -1.13. The van der Waals surface area contributed by atoms with Gasteiger partial charge in [0.1, 0.15) is 0 Å². The van der Waals surface area contributed by atoms with E-state index in [4.69, 9.17) is 4.42 Å². The van der Waals surface area contributed by atoms with Gasteiger partial charge in [0.15, 0.2) is 5.76 Å². The van der Waals surface area contributed by atoms with Crippen molar-refractivity contribution in [3.8, 4) is 0 Å². The number of furan rings is 1. The zero-order valence-corrected chi connectivity index (χ0v) is 9.85. The van der Waals surface area contributed by atoms with Crippen molar-refractivity contribution in [1.29, 1.82) is 0 Å². The minimum Gasteiger partial charge on any atom is -0.461 e. The average molecular weight is 222 g/mol. The van der Waals surface area contributed by atoms with Gasteiger partial charge in [0.25, 0.3) is 0 Å². The molecular formula is C12H18N2O2. The second kappa shape index (κ2) is 4.80. The Morgan fingerprint density at radius 2 is 2.38 bits per heavy atom. The van der Waals surface area contributed by atoms with Gasteiger partial charge in [-0.15, -0.1) is 0 Å². The van der Waals surface area contributed by atoms with Crippen LogP contribution in [0.5, 0.6) is 0 Å². The van der Waals surface area contributed by atoms with E-state index in [1.165, 1.54) is 0 Å². The summed E-state index contributed by atoms with van der Waals surface area (Å²) < 4.78 is 5.11. The molecular weight excluding hydrogens is 204 g/mol. The summed E-state index contributed by atoms with van der Waals surface area (Å²) in [6, 6.07) is 3.90. The Balaban J connectivity index is 1.92. The maximum atomic E-state index is 11.9. The van der Waals surface area contributed by atoms with Crippen LogP contribution in [-0.4, -0.2) is 54.9 Å². The summed E-state index contributed by atoms with van der Waals surface area (Å²) in [5.74, 6) is 0.535. The summed E-state index contributed by atoms with van der Waals surface area (Å²) in [6.45, 7) is 5.61. The number of hydrogen-bond acceptors (Lipinski definition) is 4. The molecule has 1 aliphatic rings. The van der Waals surface area contributed by atoms with Gasteiger partial charge in [-0.25, -0.2) is 0 Å². The molecule has 0 spiro atoms. The standard InChI is InChI=1S/C12H18N2O2/c1-10-8-13(2)5-6-14(10)9-11(15)12-4-3-7-16-12/h3-4,7,10H,5-6,8-9H2,1-2H3. The monoisotopic (exact) mass is 222 g/mol. The number of carbonyl (C=O) groups is 1. The van der Waals surface area contributed by atoms with Crippen LogP contribution in [0.1, 0.15) is 17.5 Å². The van der Waals surface area contributed by atoms with Gasteiger partial charge < -0.3 is 9.32 Å². The topological polar surface area (TPSA) is 36.7 Å². The number of piperazine rings is 1. The number of ketones is 1. The molecule has 2 rings (SSSR count). The van der Waals surface area contributed by atoms with Gasteiger partial charge in [-0.1, -0.05) is 0 Å². The summed E-state index contributed by atoms with van der Waals surface area (Å²) in [5.41, 5.74) is 0. The second-order valence-corrected chi connectivity index (χ2v) is 4.48. The summed E-state index contributed by atoms with van der Waals surface area (Å²) in [7, 11) is 2.11. The normalized spacial score (nSPS) is 23.5. The number of nitrogens with zero attached hydrogens (tertiary/aromatic N) is 2. The number of rotatable bonds is 3. The lowest BCUT2D eigenvalue weighted by Gasteiger charge is -2.37. The fourth-order valence-corrected chi connectivity index (χ4v) is 2.11. The molecule has 0 amide bonds. The molecule has 1 aromatic heterocycles. The Bertz CT molecular complexity index is 348. The summed E-state index contributed by atoms with van der Waals surface area (Å²) in [5, 5.41) is 0. The third-order valence-electron chi connectivity index (χ3n) is 3.11. The van der Waals surface area contributed by atoms with Crippen LogP contribution in [0.3, 0.4) is 0 Å². The summed E-state index contributed by atoms with van der Waals surface area (Å²) in [4.78, 5) is 16.4. The highest BCUT2D eigenvalue weighted by Crippen LogP contribution is 2.10. The molecule has 4 nitrogen and oxygen atoms in total. The van der Waals surface area contributed by atoms with Gasteiger partial charge in [-0.2, -0.15) is 0 Å². The Labute approximate surface area is 95.8 Å². The van der Waals surface area contributed by atoms with Crippen molar-refractivity contribution in [1.82, 2.24) is 9.80 Å².